The SMILES string of the molecule is Cc1cc(C)n(-c2ccc(C(=O)NCc3cccc(-c4nn[nH]n4)c3)cc2)n1. The Hall–Kier alpha value is -3.81. The van der Waals surface area contributed by atoms with E-state index in [9.17, 15) is 4.79 Å². The van der Waals surface area contributed by atoms with Crippen LogP contribution in [-0.4, -0.2) is 36.3 Å². The molecule has 8 heteroatoms. The number of tetrazole rings is 1. The first-order valence-electron chi connectivity index (χ1n) is 8.85. The lowest BCUT2D eigenvalue weighted by Gasteiger charge is -2.08. The lowest BCUT2D eigenvalue weighted by atomic mass is 10.1. The fourth-order valence-electron chi connectivity index (χ4n) is 3.03. The van der Waals surface area contributed by atoms with E-state index in [4.69, 9.17) is 0 Å². The van der Waals surface area contributed by atoms with Gasteiger partial charge < -0.3 is 5.32 Å². The second-order valence-corrected chi connectivity index (χ2v) is 6.50. The number of rotatable bonds is 5. The molecule has 0 saturated heterocycles. The van der Waals surface area contributed by atoms with Gasteiger partial charge in [-0.25, -0.2) is 4.68 Å². The highest BCUT2D eigenvalue weighted by molar-refractivity contribution is 5.94. The highest BCUT2D eigenvalue weighted by Gasteiger charge is 2.09. The van der Waals surface area contributed by atoms with E-state index in [-0.39, 0.29) is 5.91 Å². The summed E-state index contributed by atoms with van der Waals surface area (Å²) in [5.74, 6) is 0.387. The predicted octanol–water partition coefficient (Wildman–Crippen LogP) is 2.60. The number of nitrogens with one attached hydrogen (secondary N) is 2. The summed E-state index contributed by atoms with van der Waals surface area (Å²) in [6, 6.07) is 17.1. The van der Waals surface area contributed by atoms with Gasteiger partial charge in [-0.2, -0.15) is 10.3 Å². The summed E-state index contributed by atoms with van der Waals surface area (Å²) in [6.07, 6.45) is 0. The lowest BCUT2D eigenvalue weighted by Crippen LogP contribution is -2.22. The second-order valence-electron chi connectivity index (χ2n) is 6.50. The monoisotopic (exact) mass is 373 g/mol. The zero-order chi connectivity index (χ0) is 19.5. The molecule has 0 unspecified atom stereocenters. The highest BCUT2D eigenvalue weighted by atomic mass is 16.1. The fraction of sp³-hybridized carbons (Fsp3) is 0.150. The molecule has 4 aromatic rings. The number of aromatic amines is 1. The van der Waals surface area contributed by atoms with Crippen molar-refractivity contribution in [1.82, 2.24) is 35.7 Å². The van der Waals surface area contributed by atoms with Crippen molar-refractivity contribution in [1.29, 1.82) is 0 Å². The van der Waals surface area contributed by atoms with E-state index in [1.807, 2.05) is 61.0 Å². The maximum Gasteiger partial charge on any atom is 0.251 e. The number of aromatic nitrogens is 6. The summed E-state index contributed by atoms with van der Waals surface area (Å²) >= 11 is 0. The van der Waals surface area contributed by atoms with Crippen LogP contribution in [0.1, 0.15) is 27.3 Å². The minimum Gasteiger partial charge on any atom is -0.348 e. The number of aryl methyl sites for hydroxylation is 2. The number of amides is 1. The van der Waals surface area contributed by atoms with Crippen LogP contribution in [0.4, 0.5) is 0 Å². The number of benzene rings is 2. The van der Waals surface area contributed by atoms with E-state index in [0.29, 0.717) is 17.9 Å². The number of carbonyl (C=O) groups is 1. The Labute approximate surface area is 161 Å². The molecule has 1 amide bonds. The van der Waals surface area contributed by atoms with Gasteiger partial charge in [0.05, 0.1) is 11.4 Å². The Morgan fingerprint density at radius 2 is 1.93 bits per heavy atom. The smallest absolute Gasteiger partial charge is 0.251 e. The van der Waals surface area contributed by atoms with Crippen molar-refractivity contribution in [2.45, 2.75) is 20.4 Å². The molecule has 0 spiro atoms. The number of carbonyl (C=O) groups excluding carboxylic acids is 1. The number of hydrogen-bond acceptors (Lipinski definition) is 5. The van der Waals surface area contributed by atoms with E-state index in [0.717, 1.165) is 28.2 Å². The third-order valence-corrected chi connectivity index (χ3v) is 4.37. The topological polar surface area (TPSA) is 101 Å². The molecular weight excluding hydrogens is 354 g/mol. The van der Waals surface area contributed by atoms with Crippen molar-refractivity contribution < 1.29 is 4.79 Å². The van der Waals surface area contributed by atoms with Crippen molar-refractivity contribution >= 4 is 5.91 Å². The molecule has 0 fully saturated rings. The molecule has 2 aromatic heterocycles. The molecule has 2 aromatic carbocycles. The van der Waals surface area contributed by atoms with E-state index < -0.39 is 0 Å². The van der Waals surface area contributed by atoms with Gasteiger partial charge in [-0.3, -0.25) is 4.79 Å². The van der Waals surface area contributed by atoms with Crippen LogP contribution in [0, 0.1) is 13.8 Å². The highest BCUT2D eigenvalue weighted by Crippen LogP contribution is 2.16. The van der Waals surface area contributed by atoms with Gasteiger partial charge in [-0.1, -0.05) is 18.2 Å². The number of H-pyrrole nitrogens is 1. The average Bonchev–Trinajstić information content (AvgIpc) is 3.36. The molecule has 0 aliphatic carbocycles. The largest absolute Gasteiger partial charge is 0.348 e. The molecule has 28 heavy (non-hydrogen) atoms. The molecule has 0 radical (unpaired) electrons. The van der Waals surface area contributed by atoms with Crippen molar-refractivity contribution in [3.05, 3.63) is 77.1 Å². The molecule has 4 rings (SSSR count). The summed E-state index contributed by atoms with van der Waals surface area (Å²) in [6.45, 7) is 4.37. The van der Waals surface area contributed by atoms with Crippen molar-refractivity contribution in [2.24, 2.45) is 0 Å². The van der Waals surface area contributed by atoms with E-state index in [1.165, 1.54) is 0 Å². The first-order valence-corrected chi connectivity index (χ1v) is 8.85. The van der Waals surface area contributed by atoms with E-state index in [1.54, 1.807) is 12.1 Å². The molecule has 0 atom stereocenters. The van der Waals surface area contributed by atoms with Gasteiger partial charge in [0, 0.05) is 23.4 Å². The Balaban J connectivity index is 1.43. The molecule has 2 heterocycles. The Kier molecular flexibility index (Phi) is 4.67. The van der Waals surface area contributed by atoms with Crippen LogP contribution in [0.2, 0.25) is 0 Å². The van der Waals surface area contributed by atoms with Crippen LogP contribution in [-0.2, 0) is 6.54 Å². The summed E-state index contributed by atoms with van der Waals surface area (Å²) in [5, 5.41) is 21.3. The normalized spacial score (nSPS) is 10.8. The lowest BCUT2D eigenvalue weighted by molar-refractivity contribution is 0.0951. The zero-order valence-electron chi connectivity index (χ0n) is 15.5. The Morgan fingerprint density at radius 1 is 1.11 bits per heavy atom. The summed E-state index contributed by atoms with van der Waals surface area (Å²) in [5.41, 5.74) is 5.33. The van der Waals surface area contributed by atoms with Gasteiger partial charge in [0.15, 0.2) is 0 Å². The molecule has 8 nitrogen and oxygen atoms in total. The maximum atomic E-state index is 12.5. The van der Waals surface area contributed by atoms with Crippen molar-refractivity contribution in [3.8, 4) is 17.1 Å². The van der Waals surface area contributed by atoms with Gasteiger partial charge in [-0.15, -0.1) is 10.2 Å². The zero-order valence-corrected chi connectivity index (χ0v) is 15.5. The molecule has 0 aliphatic rings. The number of nitrogens with zero attached hydrogens (tertiary/aromatic N) is 5. The summed E-state index contributed by atoms with van der Waals surface area (Å²) < 4.78 is 1.86. The quantitative estimate of drug-likeness (QED) is 0.560. The minimum atomic E-state index is -0.134. The minimum absolute atomic E-state index is 0.134. The standard InChI is InChI=1S/C20H19N7O/c1-13-10-14(2)27(24-13)18-8-6-16(7-9-18)20(28)21-12-15-4-3-5-17(11-15)19-22-25-26-23-19/h3-11H,12H2,1-2H3,(H,21,28)(H,22,23,25,26). The molecular formula is C20H19N7O. The fourth-order valence-corrected chi connectivity index (χ4v) is 3.03. The first kappa shape index (κ1) is 17.6. The third kappa shape index (κ3) is 3.66. The molecule has 0 bridgehead atoms. The van der Waals surface area contributed by atoms with E-state index in [2.05, 4.69) is 31.0 Å². The Bertz CT molecular complexity index is 1100. The third-order valence-electron chi connectivity index (χ3n) is 4.37. The molecule has 140 valence electrons. The van der Waals surface area contributed by atoms with E-state index >= 15 is 0 Å². The average molecular weight is 373 g/mol. The van der Waals surface area contributed by atoms with Crippen LogP contribution in [0.25, 0.3) is 17.1 Å². The number of hydrogen-bond donors (Lipinski definition) is 2. The van der Waals surface area contributed by atoms with Crippen LogP contribution in [0.3, 0.4) is 0 Å². The maximum absolute atomic E-state index is 12.5. The van der Waals surface area contributed by atoms with Crippen molar-refractivity contribution in [2.75, 3.05) is 0 Å². The van der Waals surface area contributed by atoms with Crippen LogP contribution in [0.5, 0.6) is 0 Å². The Morgan fingerprint density at radius 3 is 2.61 bits per heavy atom. The van der Waals surface area contributed by atoms with Gasteiger partial charge in [-0.05, 0) is 61.0 Å². The first-order chi connectivity index (χ1) is 13.6. The molecule has 2 N–H and O–H groups in total. The predicted molar refractivity (Wildman–Crippen MR) is 104 cm³/mol. The van der Waals surface area contributed by atoms with Crippen LogP contribution >= 0.6 is 0 Å². The van der Waals surface area contributed by atoms with Gasteiger partial charge in [0.25, 0.3) is 5.91 Å². The summed E-state index contributed by atoms with van der Waals surface area (Å²) in [7, 11) is 0. The van der Waals surface area contributed by atoms with Crippen LogP contribution in [0.15, 0.2) is 54.6 Å². The van der Waals surface area contributed by atoms with Crippen molar-refractivity contribution in [3.63, 3.8) is 0 Å². The summed E-state index contributed by atoms with van der Waals surface area (Å²) in [4.78, 5) is 12.5. The van der Waals surface area contributed by atoms with Gasteiger partial charge in [0.2, 0.25) is 5.82 Å². The second kappa shape index (κ2) is 7.43. The molecule has 0 saturated carbocycles. The molecule has 0 aliphatic heterocycles. The van der Waals surface area contributed by atoms with Gasteiger partial charge in [0.1, 0.15) is 0 Å². The van der Waals surface area contributed by atoms with Gasteiger partial charge >= 0.3 is 0 Å². The van der Waals surface area contributed by atoms with Crippen LogP contribution < -0.4 is 5.32 Å².